The van der Waals surface area contributed by atoms with Gasteiger partial charge in [0, 0.05) is 55.6 Å². The van der Waals surface area contributed by atoms with E-state index < -0.39 is 0 Å². The Morgan fingerprint density at radius 1 is 1.21 bits per heavy atom. The summed E-state index contributed by atoms with van der Waals surface area (Å²) in [6.07, 6.45) is 1.60. The van der Waals surface area contributed by atoms with Gasteiger partial charge in [-0.1, -0.05) is 23.7 Å². The molecule has 0 spiro atoms. The van der Waals surface area contributed by atoms with Crippen molar-refractivity contribution in [1.82, 2.24) is 14.8 Å². The third-order valence-corrected chi connectivity index (χ3v) is 4.38. The zero-order valence-electron chi connectivity index (χ0n) is 13.6. The summed E-state index contributed by atoms with van der Waals surface area (Å²) in [5.41, 5.74) is 1.81. The molecule has 0 radical (unpaired) electrons. The molecule has 1 aromatic carbocycles. The molecule has 0 saturated carbocycles. The van der Waals surface area contributed by atoms with Crippen LogP contribution in [0.15, 0.2) is 42.6 Å². The van der Waals surface area contributed by atoms with Crippen LogP contribution in [-0.4, -0.2) is 54.0 Å². The van der Waals surface area contributed by atoms with E-state index in [-0.39, 0.29) is 5.91 Å². The van der Waals surface area contributed by atoms with E-state index in [2.05, 4.69) is 16.0 Å². The summed E-state index contributed by atoms with van der Waals surface area (Å²) in [6, 6.07) is 11.3. The van der Waals surface area contributed by atoms with Gasteiger partial charge in [0.25, 0.3) is 5.91 Å². The molecule has 0 N–H and O–H groups in total. The molecule has 126 valence electrons. The number of hydrogen-bond donors (Lipinski definition) is 0. The van der Waals surface area contributed by atoms with Crippen molar-refractivity contribution in [1.29, 1.82) is 0 Å². The molecule has 1 aliphatic heterocycles. The second-order valence-electron chi connectivity index (χ2n) is 5.79. The van der Waals surface area contributed by atoms with Crippen molar-refractivity contribution in [2.24, 2.45) is 0 Å². The number of pyridine rings is 1. The molecule has 1 aliphatic rings. The van der Waals surface area contributed by atoms with E-state index in [1.807, 2.05) is 23.1 Å². The van der Waals surface area contributed by atoms with Gasteiger partial charge in [-0.3, -0.25) is 9.69 Å². The number of rotatable bonds is 4. The molecule has 0 aliphatic carbocycles. The highest BCUT2D eigenvalue weighted by Gasteiger charge is 2.22. The van der Waals surface area contributed by atoms with E-state index in [9.17, 15) is 4.79 Å². The molecule has 1 aromatic heterocycles. The van der Waals surface area contributed by atoms with E-state index in [1.165, 1.54) is 5.56 Å². The number of benzene rings is 1. The Kier molecular flexibility index (Phi) is 5.33. The quantitative estimate of drug-likeness (QED) is 0.854. The fraction of sp³-hybridized carbons (Fsp3) is 0.333. The maximum Gasteiger partial charge on any atom is 0.254 e. The molecule has 0 bridgehead atoms. The molecule has 3 rings (SSSR count). The molecular weight excluding hydrogens is 326 g/mol. The number of nitrogens with zero attached hydrogens (tertiary/aromatic N) is 3. The van der Waals surface area contributed by atoms with Crippen molar-refractivity contribution in [3.05, 3.63) is 58.7 Å². The monoisotopic (exact) mass is 345 g/mol. The van der Waals surface area contributed by atoms with Crippen molar-refractivity contribution >= 4 is 17.5 Å². The number of ether oxygens (including phenoxy) is 1. The van der Waals surface area contributed by atoms with Crippen molar-refractivity contribution in [3.63, 3.8) is 0 Å². The van der Waals surface area contributed by atoms with Gasteiger partial charge >= 0.3 is 0 Å². The van der Waals surface area contributed by atoms with Crippen LogP contribution < -0.4 is 4.74 Å². The summed E-state index contributed by atoms with van der Waals surface area (Å²) in [4.78, 5) is 20.8. The van der Waals surface area contributed by atoms with Gasteiger partial charge in [-0.25, -0.2) is 4.98 Å². The maximum atomic E-state index is 12.6. The van der Waals surface area contributed by atoms with Gasteiger partial charge < -0.3 is 9.64 Å². The fourth-order valence-corrected chi connectivity index (χ4v) is 3.05. The predicted molar refractivity (Wildman–Crippen MR) is 93.4 cm³/mol. The van der Waals surface area contributed by atoms with Crippen LogP contribution in [0.1, 0.15) is 15.9 Å². The number of carbonyl (C=O) groups excluding carboxylic acids is 1. The largest absolute Gasteiger partial charge is 0.481 e. The molecular formula is C18H20ClN3O2. The zero-order chi connectivity index (χ0) is 16.9. The van der Waals surface area contributed by atoms with Gasteiger partial charge in [0.1, 0.15) is 0 Å². The Balaban J connectivity index is 1.57. The third-order valence-electron chi connectivity index (χ3n) is 4.15. The second kappa shape index (κ2) is 7.64. The molecule has 2 heterocycles. The number of piperazine rings is 1. The predicted octanol–water partition coefficient (Wildman–Crippen LogP) is 2.70. The first-order chi connectivity index (χ1) is 11.7. The number of halogens is 1. The Morgan fingerprint density at radius 3 is 2.71 bits per heavy atom. The smallest absolute Gasteiger partial charge is 0.254 e. The lowest BCUT2D eigenvalue weighted by Crippen LogP contribution is -2.48. The van der Waals surface area contributed by atoms with Crippen LogP contribution in [0.25, 0.3) is 0 Å². The molecule has 1 amide bonds. The van der Waals surface area contributed by atoms with Crippen LogP contribution in [0.5, 0.6) is 5.88 Å². The van der Waals surface area contributed by atoms with E-state index in [0.717, 1.165) is 24.7 Å². The van der Waals surface area contributed by atoms with Gasteiger partial charge in [0.15, 0.2) is 0 Å². The number of amides is 1. The summed E-state index contributed by atoms with van der Waals surface area (Å²) in [5.74, 6) is 0.485. The maximum absolute atomic E-state index is 12.6. The topological polar surface area (TPSA) is 45.7 Å². The lowest BCUT2D eigenvalue weighted by molar-refractivity contribution is 0.0628. The standard InChI is InChI=1S/C18H20ClN3O2/c1-24-17-12-15(5-6-20-17)18(23)22-9-7-21(8-10-22)13-14-3-2-4-16(19)11-14/h2-6,11-12H,7-10,13H2,1H3. The minimum atomic E-state index is 0.0260. The highest BCUT2D eigenvalue weighted by molar-refractivity contribution is 6.30. The average molecular weight is 346 g/mol. The zero-order valence-corrected chi connectivity index (χ0v) is 14.4. The summed E-state index contributed by atoms with van der Waals surface area (Å²) < 4.78 is 5.08. The van der Waals surface area contributed by atoms with Gasteiger partial charge in [-0.15, -0.1) is 0 Å². The van der Waals surface area contributed by atoms with Crippen LogP contribution in [0.2, 0.25) is 5.02 Å². The van der Waals surface area contributed by atoms with Gasteiger partial charge in [-0.05, 0) is 23.8 Å². The Labute approximate surface area is 146 Å². The molecule has 0 atom stereocenters. The van der Waals surface area contributed by atoms with Crippen molar-refractivity contribution in [2.45, 2.75) is 6.54 Å². The Morgan fingerprint density at radius 2 is 2.00 bits per heavy atom. The van der Waals surface area contributed by atoms with Gasteiger partial charge in [0.05, 0.1) is 7.11 Å². The minimum Gasteiger partial charge on any atom is -0.481 e. The summed E-state index contributed by atoms with van der Waals surface area (Å²) in [6.45, 7) is 3.97. The Hall–Kier alpha value is -2.11. The van der Waals surface area contributed by atoms with Crippen molar-refractivity contribution < 1.29 is 9.53 Å². The van der Waals surface area contributed by atoms with E-state index in [0.29, 0.717) is 24.5 Å². The summed E-state index contributed by atoms with van der Waals surface area (Å²) >= 11 is 6.03. The van der Waals surface area contributed by atoms with Crippen molar-refractivity contribution in [3.8, 4) is 5.88 Å². The second-order valence-corrected chi connectivity index (χ2v) is 6.22. The third kappa shape index (κ3) is 4.04. The number of methoxy groups -OCH3 is 1. The molecule has 1 saturated heterocycles. The van der Waals surface area contributed by atoms with E-state index in [1.54, 1.807) is 25.4 Å². The van der Waals surface area contributed by atoms with E-state index in [4.69, 9.17) is 16.3 Å². The normalized spacial score (nSPS) is 15.3. The summed E-state index contributed by atoms with van der Waals surface area (Å²) in [5, 5.41) is 0.757. The molecule has 1 fully saturated rings. The average Bonchev–Trinajstić information content (AvgIpc) is 2.62. The molecule has 6 heteroatoms. The fourth-order valence-electron chi connectivity index (χ4n) is 2.84. The summed E-state index contributed by atoms with van der Waals surface area (Å²) in [7, 11) is 1.55. The van der Waals surface area contributed by atoms with Gasteiger partial charge in [0.2, 0.25) is 5.88 Å². The highest BCUT2D eigenvalue weighted by Crippen LogP contribution is 2.16. The van der Waals surface area contributed by atoms with Gasteiger partial charge in [-0.2, -0.15) is 0 Å². The molecule has 5 nitrogen and oxygen atoms in total. The lowest BCUT2D eigenvalue weighted by atomic mass is 10.1. The van der Waals surface area contributed by atoms with Crippen LogP contribution in [0.3, 0.4) is 0 Å². The first-order valence-electron chi connectivity index (χ1n) is 7.92. The molecule has 2 aromatic rings. The lowest BCUT2D eigenvalue weighted by Gasteiger charge is -2.34. The van der Waals surface area contributed by atoms with Crippen molar-refractivity contribution in [2.75, 3.05) is 33.3 Å². The molecule has 24 heavy (non-hydrogen) atoms. The number of aromatic nitrogens is 1. The number of carbonyl (C=O) groups is 1. The first kappa shape index (κ1) is 16.7. The van der Waals surface area contributed by atoms with Crippen LogP contribution >= 0.6 is 11.6 Å². The van der Waals surface area contributed by atoms with Crippen LogP contribution in [-0.2, 0) is 6.54 Å². The van der Waals surface area contributed by atoms with E-state index >= 15 is 0 Å². The van der Waals surface area contributed by atoms with Crippen LogP contribution in [0.4, 0.5) is 0 Å². The highest BCUT2D eigenvalue weighted by atomic mass is 35.5. The number of hydrogen-bond acceptors (Lipinski definition) is 4. The SMILES string of the molecule is COc1cc(C(=O)N2CCN(Cc3cccc(Cl)c3)CC2)ccn1. The minimum absolute atomic E-state index is 0.0260. The Bertz CT molecular complexity index is 715. The molecule has 0 unspecified atom stereocenters. The van der Waals surface area contributed by atoms with Crippen LogP contribution in [0, 0.1) is 0 Å². The first-order valence-corrected chi connectivity index (χ1v) is 8.29.